The number of rotatable bonds is 6. The lowest BCUT2D eigenvalue weighted by atomic mass is 9.78. The minimum Gasteiger partial charge on any atom is -0.506 e. The van der Waals surface area contributed by atoms with Gasteiger partial charge < -0.3 is 29.8 Å². The first kappa shape index (κ1) is 24.5. The number of ether oxygens (including phenoxy) is 2. The number of hydroxylamine groups is 1. The molecule has 11 heteroatoms. The van der Waals surface area contributed by atoms with Crippen molar-refractivity contribution in [3.05, 3.63) is 45.2 Å². The zero-order chi connectivity index (χ0) is 25.2. The molecule has 0 aliphatic heterocycles. The molecular weight excluding hydrogens is 448 g/mol. The van der Waals surface area contributed by atoms with Crippen LogP contribution in [-0.4, -0.2) is 34.9 Å². The summed E-state index contributed by atoms with van der Waals surface area (Å²) in [5.74, 6) is 0.403. The number of aromatic hydroxyl groups is 1. The number of allylic oxidation sites excluding steroid dienone is 1. The van der Waals surface area contributed by atoms with Gasteiger partial charge in [-0.25, -0.2) is 9.59 Å². The van der Waals surface area contributed by atoms with Gasteiger partial charge in [-0.1, -0.05) is 19.8 Å². The van der Waals surface area contributed by atoms with Crippen LogP contribution in [0.15, 0.2) is 32.9 Å². The molecule has 0 saturated carbocycles. The Hall–Kier alpha value is -4.17. The predicted molar refractivity (Wildman–Crippen MR) is 119 cm³/mol. The number of aliphatic hydroxyl groups excluding tert-OH is 1. The minimum atomic E-state index is -1.12. The van der Waals surface area contributed by atoms with Crippen LogP contribution in [0.25, 0.3) is 11.0 Å². The van der Waals surface area contributed by atoms with Gasteiger partial charge in [0.25, 0.3) is 5.91 Å². The predicted octanol–water partition coefficient (Wildman–Crippen LogP) is 2.53. The van der Waals surface area contributed by atoms with Crippen LogP contribution in [0.5, 0.6) is 11.5 Å². The zero-order valence-corrected chi connectivity index (χ0v) is 18.8. The molecule has 2 amide bonds. The summed E-state index contributed by atoms with van der Waals surface area (Å²) in [4.78, 5) is 40.3. The van der Waals surface area contributed by atoms with Gasteiger partial charge in [0.05, 0.1) is 5.39 Å². The molecular formula is C23H24N2O9. The smallest absolute Gasteiger partial charge is 0.436 e. The highest BCUT2D eigenvalue weighted by Gasteiger charge is 2.38. The van der Waals surface area contributed by atoms with E-state index < -0.39 is 40.5 Å². The van der Waals surface area contributed by atoms with Gasteiger partial charge in [0.15, 0.2) is 23.2 Å². The van der Waals surface area contributed by atoms with E-state index in [4.69, 9.17) is 30.9 Å². The number of nitrogens with one attached hydrogen (secondary N) is 1. The minimum absolute atomic E-state index is 0.00298. The molecule has 1 aromatic heterocycles. The number of terminal acetylenes is 1. The van der Waals surface area contributed by atoms with Crippen molar-refractivity contribution >= 4 is 23.0 Å². The first-order valence-corrected chi connectivity index (χ1v) is 10.2. The number of carbonyl (C=O) groups excluding carboxylic acids is 2. The van der Waals surface area contributed by atoms with E-state index in [-0.39, 0.29) is 41.3 Å². The summed E-state index contributed by atoms with van der Waals surface area (Å²) < 4.78 is 16.4. The van der Waals surface area contributed by atoms with Crippen LogP contribution >= 0.6 is 0 Å². The van der Waals surface area contributed by atoms with Crippen LogP contribution in [0.2, 0.25) is 0 Å². The lowest BCUT2D eigenvalue weighted by molar-refractivity contribution is 0.0370. The summed E-state index contributed by atoms with van der Waals surface area (Å²) in [7, 11) is 0. The zero-order valence-electron chi connectivity index (χ0n) is 18.8. The van der Waals surface area contributed by atoms with Gasteiger partial charge in [-0.05, 0) is 30.9 Å². The number of carbonyl (C=O) groups is 2. The third-order valence-electron chi connectivity index (χ3n) is 5.26. The summed E-state index contributed by atoms with van der Waals surface area (Å²) in [6.07, 6.45) is 3.79. The molecule has 1 aliphatic carbocycles. The molecule has 0 spiro atoms. The fourth-order valence-electron chi connectivity index (χ4n) is 3.70. The molecule has 1 aliphatic rings. The number of aliphatic hydroxyl groups is 1. The van der Waals surface area contributed by atoms with E-state index in [0.717, 1.165) is 0 Å². The topological polar surface area (TPSA) is 171 Å². The molecule has 1 aromatic carbocycles. The van der Waals surface area contributed by atoms with Crippen LogP contribution in [-0.2, 0) is 9.57 Å². The highest BCUT2D eigenvalue weighted by Crippen LogP contribution is 2.41. The Kier molecular flexibility index (Phi) is 6.74. The summed E-state index contributed by atoms with van der Waals surface area (Å²) in [6, 6.07) is 2.88. The van der Waals surface area contributed by atoms with Crippen molar-refractivity contribution in [3.63, 3.8) is 0 Å². The van der Waals surface area contributed by atoms with E-state index in [0.29, 0.717) is 12.0 Å². The van der Waals surface area contributed by atoms with E-state index in [2.05, 4.69) is 5.92 Å². The number of aryl methyl sites for hydroxylation is 1. The van der Waals surface area contributed by atoms with Crippen molar-refractivity contribution in [3.8, 4) is 23.8 Å². The lowest BCUT2D eigenvalue weighted by Crippen LogP contribution is -2.35. The first-order valence-electron chi connectivity index (χ1n) is 10.2. The maximum Gasteiger partial charge on any atom is 0.436 e. The molecule has 0 radical (unpaired) electrons. The Morgan fingerprint density at radius 2 is 2.06 bits per heavy atom. The molecule has 0 saturated heterocycles. The van der Waals surface area contributed by atoms with Gasteiger partial charge in [0.1, 0.15) is 23.7 Å². The van der Waals surface area contributed by atoms with Crippen LogP contribution < -0.4 is 21.6 Å². The van der Waals surface area contributed by atoms with Crippen molar-refractivity contribution in [1.29, 1.82) is 0 Å². The van der Waals surface area contributed by atoms with Crippen molar-refractivity contribution in [2.75, 3.05) is 6.61 Å². The third-order valence-corrected chi connectivity index (χ3v) is 5.26. The van der Waals surface area contributed by atoms with Crippen molar-refractivity contribution in [2.45, 2.75) is 39.7 Å². The molecule has 11 nitrogen and oxygen atoms in total. The average molecular weight is 472 g/mol. The second-order valence-electron chi connectivity index (χ2n) is 8.49. The fraction of sp³-hybridized carbons (Fsp3) is 0.348. The third kappa shape index (κ3) is 4.92. The lowest BCUT2D eigenvalue weighted by Gasteiger charge is -2.35. The van der Waals surface area contributed by atoms with Crippen molar-refractivity contribution in [1.82, 2.24) is 5.48 Å². The second-order valence-corrected chi connectivity index (χ2v) is 8.49. The Balaban J connectivity index is 1.94. The van der Waals surface area contributed by atoms with Gasteiger partial charge in [0.2, 0.25) is 0 Å². The Morgan fingerprint density at radius 1 is 1.35 bits per heavy atom. The van der Waals surface area contributed by atoms with Crippen molar-refractivity contribution in [2.24, 2.45) is 11.1 Å². The quantitative estimate of drug-likeness (QED) is 0.213. The number of nitrogens with two attached hydrogens (primary N) is 1. The van der Waals surface area contributed by atoms with E-state index in [1.54, 1.807) is 6.92 Å². The van der Waals surface area contributed by atoms with E-state index in [1.807, 2.05) is 19.3 Å². The molecule has 1 atom stereocenters. The van der Waals surface area contributed by atoms with Crippen LogP contribution in [0.3, 0.4) is 0 Å². The summed E-state index contributed by atoms with van der Waals surface area (Å²) in [6.45, 7) is 5.22. The van der Waals surface area contributed by atoms with E-state index in [9.17, 15) is 24.6 Å². The maximum atomic E-state index is 12.1. The van der Waals surface area contributed by atoms with E-state index >= 15 is 0 Å². The highest BCUT2D eigenvalue weighted by molar-refractivity contribution is 6.01. The first-order chi connectivity index (χ1) is 15.9. The molecule has 34 heavy (non-hydrogen) atoms. The molecule has 0 bridgehead atoms. The number of primary amides is 1. The number of benzene rings is 1. The Labute approximate surface area is 194 Å². The Bertz CT molecular complexity index is 1280. The SMILES string of the molecule is C#CCONC(=O)OC1=C(O)[C@@H](Oc2ccc3c(O)c(C(N)=O)c(=O)oc3c2C)CC(C)(C)C1. The molecule has 0 fully saturated rings. The Morgan fingerprint density at radius 3 is 2.71 bits per heavy atom. The standard InChI is InChI=1S/C23H24N2O9/c1-5-8-31-25-22(30)33-15-10-23(3,4)9-14(18(15)27)32-13-7-6-12-17(26)16(20(24)28)21(29)34-19(12)11(13)2/h1,6-7,14,26-27H,8-10H2,2-4H3,(H2,24,28)(H,25,30)/t14-/m0/s1. The number of hydrogen-bond acceptors (Lipinski definition) is 9. The number of fused-ring (bicyclic) bond motifs is 1. The number of hydrogen-bond donors (Lipinski definition) is 4. The molecule has 180 valence electrons. The fourth-order valence-corrected chi connectivity index (χ4v) is 3.70. The van der Waals surface area contributed by atoms with Crippen LogP contribution in [0.4, 0.5) is 4.79 Å². The maximum absolute atomic E-state index is 12.1. The van der Waals surface area contributed by atoms with Gasteiger partial charge in [0, 0.05) is 12.0 Å². The second kappa shape index (κ2) is 9.36. The summed E-state index contributed by atoms with van der Waals surface area (Å²) in [5.41, 5.74) is 5.32. The number of amides is 2. The highest BCUT2D eigenvalue weighted by atomic mass is 16.7. The molecule has 0 unspecified atom stereocenters. The largest absolute Gasteiger partial charge is 0.506 e. The van der Waals surface area contributed by atoms with Crippen LogP contribution in [0, 0.1) is 24.7 Å². The summed E-state index contributed by atoms with van der Waals surface area (Å²) in [5, 5.41) is 21.2. The van der Waals surface area contributed by atoms with Gasteiger partial charge in [-0.15, -0.1) is 6.42 Å². The van der Waals surface area contributed by atoms with Gasteiger partial charge in [-0.2, -0.15) is 5.48 Å². The molecule has 2 aromatic rings. The summed E-state index contributed by atoms with van der Waals surface area (Å²) >= 11 is 0. The average Bonchev–Trinajstić information content (AvgIpc) is 2.73. The van der Waals surface area contributed by atoms with Crippen molar-refractivity contribution < 1.29 is 38.5 Å². The van der Waals surface area contributed by atoms with Crippen LogP contribution in [0.1, 0.15) is 42.6 Å². The van der Waals surface area contributed by atoms with Gasteiger partial charge in [-0.3, -0.25) is 9.63 Å². The van der Waals surface area contributed by atoms with E-state index in [1.165, 1.54) is 12.1 Å². The van der Waals surface area contributed by atoms with Gasteiger partial charge >= 0.3 is 11.7 Å². The molecule has 5 N–H and O–H groups in total. The monoisotopic (exact) mass is 472 g/mol. The normalized spacial score (nSPS) is 17.2. The molecule has 1 heterocycles. The molecule has 3 rings (SSSR count).